The molecule has 1 aromatic carbocycles. The van der Waals surface area contributed by atoms with Crippen LogP contribution in [-0.2, 0) is 5.54 Å². The number of nitrogens with one attached hydrogen (secondary N) is 1. The molecule has 0 saturated heterocycles. The molecule has 0 atom stereocenters. The van der Waals surface area contributed by atoms with E-state index >= 15 is 0 Å². The normalized spacial score (nSPS) is 18.3. The van der Waals surface area contributed by atoms with Crippen LogP contribution in [0.5, 0.6) is 5.75 Å². The molecule has 0 spiro atoms. The van der Waals surface area contributed by atoms with Crippen molar-refractivity contribution in [3.8, 4) is 5.75 Å². The highest BCUT2D eigenvalue weighted by molar-refractivity contribution is 9.10. The molecule has 0 unspecified atom stereocenters. The predicted octanol–water partition coefficient (Wildman–Crippen LogP) is 3.06. The quantitative estimate of drug-likeness (QED) is 0.911. The van der Waals surface area contributed by atoms with Crippen LogP contribution in [0.3, 0.4) is 0 Å². The van der Waals surface area contributed by atoms with Gasteiger partial charge in [-0.15, -0.1) is 0 Å². The Morgan fingerprint density at radius 2 is 2.13 bits per heavy atom. The number of ether oxygens (including phenoxy) is 1. The van der Waals surface area contributed by atoms with Crippen LogP contribution < -0.4 is 10.1 Å². The first-order valence-corrected chi connectivity index (χ1v) is 6.04. The number of halogens is 1. The Morgan fingerprint density at radius 3 is 2.60 bits per heavy atom. The fourth-order valence-electron chi connectivity index (χ4n) is 2.24. The molecular formula is C12H16BrNO. The van der Waals surface area contributed by atoms with Crippen LogP contribution in [0.2, 0.25) is 0 Å². The molecule has 0 bridgehead atoms. The van der Waals surface area contributed by atoms with Gasteiger partial charge in [0, 0.05) is 15.6 Å². The lowest BCUT2D eigenvalue weighted by molar-refractivity contribution is 0.194. The maximum absolute atomic E-state index is 5.42. The van der Waals surface area contributed by atoms with Gasteiger partial charge < -0.3 is 10.1 Å². The second-order valence-corrected chi connectivity index (χ2v) is 4.95. The Hall–Kier alpha value is -0.540. The molecule has 3 heteroatoms. The molecule has 15 heavy (non-hydrogen) atoms. The van der Waals surface area contributed by atoms with Gasteiger partial charge >= 0.3 is 0 Å². The van der Waals surface area contributed by atoms with Crippen molar-refractivity contribution >= 4 is 15.9 Å². The van der Waals surface area contributed by atoms with Crippen molar-refractivity contribution in [2.75, 3.05) is 14.2 Å². The van der Waals surface area contributed by atoms with Crippen LogP contribution in [-0.4, -0.2) is 14.2 Å². The van der Waals surface area contributed by atoms with Crippen LogP contribution in [0, 0.1) is 0 Å². The van der Waals surface area contributed by atoms with Crippen molar-refractivity contribution in [1.82, 2.24) is 5.32 Å². The first-order chi connectivity index (χ1) is 7.22. The fourth-order valence-corrected chi connectivity index (χ4v) is 2.60. The maximum atomic E-state index is 5.42. The lowest BCUT2D eigenvalue weighted by Gasteiger charge is -2.43. The van der Waals surface area contributed by atoms with Gasteiger partial charge in [0.15, 0.2) is 0 Å². The number of hydrogen-bond donors (Lipinski definition) is 1. The molecule has 1 aliphatic rings. The van der Waals surface area contributed by atoms with E-state index in [9.17, 15) is 0 Å². The van der Waals surface area contributed by atoms with Gasteiger partial charge in [-0.3, -0.25) is 0 Å². The lowest BCUT2D eigenvalue weighted by Crippen LogP contribution is -2.46. The summed E-state index contributed by atoms with van der Waals surface area (Å²) in [6.45, 7) is 0. The minimum Gasteiger partial charge on any atom is -0.496 e. The Balaban J connectivity index is 2.44. The Kier molecular flexibility index (Phi) is 3.03. The first kappa shape index (κ1) is 11.0. The zero-order valence-electron chi connectivity index (χ0n) is 9.14. The highest BCUT2D eigenvalue weighted by atomic mass is 79.9. The van der Waals surface area contributed by atoms with Crippen LogP contribution in [0.15, 0.2) is 22.7 Å². The summed E-state index contributed by atoms with van der Waals surface area (Å²) < 4.78 is 6.53. The van der Waals surface area contributed by atoms with E-state index in [1.165, 1.54) is 24.8 Å². The average Bonchev–Trinajstić information content (AvgIpc) is 2.17. The van der Waals surface area contributed by atoms with E-state index in [1.54, 1.807) is 7.11 Å². The Bertz CT molecular complexity index is 355. The lowest BCUT2D eigenvalue weighted by atomic mass is 9.71. The molecule has 0 amide bonds. The van der Waals surface area contributed by atoms with Crippen LogP contribution in [0.1, 0.15) is 24.8 Å². The minimum atomic E-state index is 0.134. The Labute approximate surface area is 99.1 Å². The molecule has 1 fully saturated rings. The van der Waals surface area contributed by atoms with E-state index in [1.807, 2.05) is 19.2 Å². The van der Waals surface area contributed by atoms with Crippen LogP contribution in [0.4, 0.5) is 0 Å². The van der Waals surface area contributed by atoms with E-state index < -0.39 is 0 Å². The number of hydrogen-bond acceptors (Lipinski definition) is 2. The topological polar surface area (TPSA) is 21.3 Å². The predicted molar refractivity (Wildman–Crippen MR) is 65.3 cm³/mol. The molecule has 0 aromatic heterocycles. The fraction of sp³-hybridized carbons (Fsp3) is 0.500. The summed E-state index contributed by atoms with van der Waals surface area (Å²) in [5.41, 5.74) is 1.41. The average molecular weight is 270 g/mol. The first-order valence-electron chi connectivity index (χ1n) is 5.25. The second kappa shape index (κ2) is 4.14. The summed E-state index contributed by atoms with van der Waals surface area (Å²) in [6, 6.07) is 6.20. The van der Waals surface area contributed by atoms with Gasteiger partial charge in [-0.05, 0) is 44.5 Å². The molecule has 82 valence electrons. The van der Waals surface area contributed by atoms with Gasteiger partial charge in [0.25, 0.3) is 0 Å². The van der Waals surface area contributed by atoms with Gasteiger partial charge in [-0.2, -0.15) is 0 Å². The third-order valence-electron chi connectivity index (χ3n) is 3.36. The summed E-state index contributed by atoms with van der Waals surface area (Å²) in [5.74, 6) is 0.979. The molecule has 2 rings (SSSR count). The van der Waals surface area contributed by atoms with Crippen molar-refractivity contribution in [2.45, 2.75) is 24.8 Å². The summed E-state index contributed by atoms with van der Waals surface area (Å²) in [5, 5.41) is 3.43. The summed E-state index contributed by atoms with van der Waals surface area (Å²) in [6.07, 6.45) is 3.67. The van der Waals surface area contributed by atoms with Crippen molar-refractivity contribution in [2.24, 2.45) is 0 Å². The highest BCUT2D eigenvalue weighted by Crippen LogP contribution is 2.45. The zero-order chi connectivity index (χ0) is 10.9. The van der Waals surface area contributed by atoms with Crippen LogP contribution >= 0.6 is 15.9 Å². The highest BCUT2D eigenvalue weighted by Gasteiger charge is 2.39. The van der Waals surface area contributed by atoms with Crippen molar-refractivity contribution < 1.29 is 4.74 Å². The van der Waals surface area contributed by atoms with Gasteiger partial charge in [0.05, 0.1) is 7.11 Å². The SMILES string of the molecule is CNC1(c2cc(Br)ccc2OC)CCC1. The van der Waals surface area contributed by atoms with Crippen LogP contribution in [0.25, 0.3) is 0 Å². The third-order valence-corrected chi connectivity index (χ3v) is 3.86. The van der Waals surface area contributed by atoms with E-state index in [4.69, 9.17) is 4.74 Å². The van der Waals surface area contributed by atoms with E-state index in [2.05, 4.69) is 27.3 Å². The minimum absolute atomic E-state index is 0.134. The van der Waals surface area contributed by atoms with Gasteiger partial charge in [0.1, 0.15) is 5.75 Å². The number of rotatable bonds is 3. The molecule has 0 aliphatic heterocycles. The molecule has 1 N–H and O–H groups in total. The largest absolute Gasteiger partial charge is 0.496 e. The zero-order valence-corrected chi connectivity index (χ0v) is 10.7. The number of benzene rings is 1. The van der Waals surface area contributed by atoms with Crippen molar-refractivity contribution in [1.29, 1.82) is 0 Å². The smallest absolute Gasteiger partial charge is 0.123 e. The summed E-state index contributed by atoms with van der Waals surface area (Å²) >= 11 is 3.52. The van der Waals surface area contributed by atoms with E-state index in [0.29, 0.717) is 0 Å². The standard InChI is InChI=1S/C12H16BrNO/c1-14-12(6-3-7-12)10-8-9(13)4-5-11(10)15-2/h4-5,8,14H,3,6-7H2,1-2H3. The summed E-state index contributed by atoms with van der Waals surface area (Å²) in [4.78, 5) is 0. The maximum Gasteiger partial charge on any atom is 0.123 e. The number of methoxy groups -OCH3 is 1. The van der Waals surface area contributed by atoms with Gasteiger partial charge in [-0.1, -0.05) is 15.9 Å². The molecule has 1 saturated carbocycles. The molecule has 1 aliphatic carbocycles. The van der Waals surface area contributed by atoms with E-state index in [0.717, 1.165) is 10.2 Å². The monoisotopic (exact) mass is 269 g/mol. The molecule has 0 heterocycles. The Morgan fingerprint density at radius 1 is 1.40 bits per heavy atom. The van der Waals surface area contributed by atoms with Gasteiger partial charge in [-0.25, -0.2) is 0 Å². The third kappa shape index (κ3) is 1.79. The van der Waals surface area contributed by atoms with Crippen molar-refractivity contribution in [3.05, 3.63) is 28.2 Å². The molecule has 1 aromatic rings. The molecular weight excluding hydrogens is 254 g/mol. The molecule has 2 nitrogen and oxygen atoms in total. The second-order valence-electron chi connectivity index (χ2n) is 4.03. The van der Waals surface area contributed by atoms with E-state index in [-0.39, 0.29) is 5.54 Å². The summed E-state index contributed by atoms with van der Waals surface area (Å²) in [7, 11) is 3.76. The van der Waals surface area contributed by atoms with Gasteiger partial charge in [0.2, 0.25) is 0 Å². The molecule has 0 radical (unpaired) electrons. The van der Waals surface area contributed by atoms with Crippen molar-refractivity contribution in [3.63, 3.8) is 0 Å².